The molecule has 2 heterocycles. The van der Waals surface area contributed by atoms with E-state index in [2.05, 4.69) is 38.0 Å². The molecule has 1 aromatic heterocycles. The van der Waals surface area contributed by atoms with E-state index in [0.717, 1.165) is 58.9 Å². The van der Waals surface area contributed by atoms with Crippen LogP contribution in [-0.4, -0.2) is 62.2 Å². The van der Waals surface area contributed by atoms with Gasteiger partial charge in [0.15, 0.2) is 0 Å². The Kier molecular flexibility index (Phi) is 21.4. The Balaban J connectivity index is 0. The molecule has 32 heavy (non-hydrogen) atoms. The quantitative estimate of drug-likeness (QED) is 0.291. The second-order valence-electron chi connectivity index (χ2n) is 6.34. The van der Waals surface area contributed by atoms with Gasteiger partial charge in [-0.1, -0.05) is 0 Å². The summed E-state index contributed by atoms with van der Waals surface area (Å²) in [5, 5.41) is 10.5. The molecule has 13 nitrogen and oxygen atoms in total. The first-order chi connectivity index (χ1) is 14.4. The minimum Gasteiger partial charge on any atom is -0.315 e. The predicted octanol–water partition coefficient (Wildman–Crippen LogP) is -9.07. The summed E-state index contributed by atoms with van der Waals surface area (Å²) in [5.41, 5.74) is 1.35. The van der Waals surface area contributed by atoms with E-state index in [1.807, 2.05) is 12.4 Å². The second-order valence-corrected chi connectivity index (χ2v) is 7.86. The smallest absolute Gasteiger partial charge is 0.315 e. The molecule has 16 heteroatoms. The van der Waals surface area contributed by atoms with Crippen molar-refractivity contribution < 1.29 is 74.2 Å². The molecular formula is C16H29Cl2N5NiO8. The first kappa shape index (κ1) is 33.9. The van der Waals surface area contributed by atoms with Crippen LogP contribution >= 0.6 is 0 Å². The molecule has 1 fully saturated rings. The van der Waals surface area contributed by atoms with Crippen LogP contribution in [0.15, 0.2) is 24.5 Å². The van der Waals surface area contributed by atoms with Crippen molar-refractivity contribution in [3.63, 3.8) is 0 Å². The van der Waals surface area contributed by atoms with Crippen molar-refractivity contribution in [1.29, 1.82) is 0 Å². The van der Waals surface area contributed by atoms with Crippen LogP contribution in [0.3, 0.4) is 0 Å². The van der Waals surface area contributed by atoms with Gasteiger partial charge in [-0.2, -0.15) is 0 Å². The summed E-state index contributed by atoms with van der Waals surface area (Å²) < 4.78 is 67.9. The third-order valence-corrected chi connectivity index (χ3v) is 3.77. The molecule has 0 saturated carbocycles. The van der Waals surface area contributed by atoms with Gasteiger partial charge in [0.1, 0.15) is 0 Å². The molecule has 3 N–H and O–H groups in total. The molecule has 190 valence electrons. The molecule has 1 aliphatic heterocycles. The largest absolute Gasteiger partial charge is 2.00 e. The summed E-state index contributed by atoms with van der Waals surface area (Å²) in [4.78, 5) is 6.63. The number of halogens is 2. The fraction of sp³-hybridized carbons (Fsp3) is 0.688. The molecule has 2 rings (SSSR count). The first-order valence-corrected chi connectivity index (χ1v) is 11.9. The maximum absolute atomic E-state index is 8.49. The van der Waals surface area contributed by atoms with Crippen molar-refractivity contribution in [3.05, 3.63) is 30.1 Å². The first-order valence-electron chi connectivity index (χ1n) is 9.42. The van der Waals surface area contributed by atoms with E-state index in [4.69, 9.17) is 37.3 Å². The monoisotopic (exact) mass is 547 g/mol. The zero-order chi connectivity index (χ0) is 23.6. The molecular weight excluding hydrogens is 520 g/mol. The van der Waals surface area contributed by atoms with Crippen LogP contribution in [0.4, 0.5) is 0 Å². The third-order valence-electron chi connectivity index (χ3n) is 3.77. The topological polar surface area (TPSA) is 237 Å². The predicted molar refractivity (Wildman–Crippen MR) is 87.4 cm³/mol. The second kappa shape index (κ2) is 20.1. The number of rotatable bonds is 2. The van der Waals surface area contributed by atoms with E-state index in [1.54, 1.807) is 0 Å². The van der Waals surface area contributed by atoms with Gasteiger partial charge in [-0.3, -0.25) is 9.88 Å². The molecule has 1 saturated heterocycles. The van der Waals surface area contributed by atoms with Crippen molar-refractivity contribution in [2.24, 2.45) is 0 Å². The Bertz CT molecular complexity index is 505. The number of nitrogens with zero attached hydrogens (tertiary/aromatic N) is 2. The van der Waals surface area contributed by atoms with Crippen LogP contribution in [0.5, 0.6) is 0 Å². The molecule has 1 aliphatic rings. The van der Waals surface area contributed by atoms with Crippen molar-refractivity contribution in [1.82, 2.24) is 25.8 Å². The van der Waals surface area contributed by atoms with E-state index in [0.29, 0.717) is 0 Å². The Morgan fingerprint density at radius 2 is 1.12 bits per heavy atom. The molecule has 0 radical (unpaired) electrons. The molecule has 0 atom stereocenters. The van der Waals surface area contributed by atoms with Gasteiger partial charge in [0, 0.05) is 45.1 Å². The molecule has 0 amide bonds. The molecule has 0 aliphatic carbocycles. The van der Waals surface area contributed by atoms with Crippen LogP contribution in [-0.2, 0) is 23.0 Å². The summed E-state index contributed by atoms with van der Waals surface area (Å²) in [6, 6.07) is 4.23. The molecule has 1 aromatic rings. The van der Waals surface area contributed by atoms with Gasteiger partial charge in [-0.05, 0) is 56.7 Å². The van der Waals surface area contributed by atoms with Crippen LogP contribution in [0.25, 0.3) is 0 Å². The number of nitrogens with one attached hydrogen (secondary N) is 3. The van der Waals surface area contributed by atoms with Gasteiger partial charge >= 0.3 is 16.5 Å². The summed E-state index contributed by atoms with van der Waals surface area (Å²) >= 11 is 0. The number of aromatic nitrogens is 1. The fourth-order valence-electron chi connectivity index (χ4n) is 2.57. The number of pyridine rings is 1. The van der Waals surface area contributed by atoms with Gasteiger partial charge in [0.2, 0.25) is 0 Å². The summed E-state index contributed by atoms with van der Waals surface area (Å²) in [6.45, 7) is 9.78. The Morgan fingerprint density at radius 1 is 0.688 bits per heavy atom. The summed E-state index contributed by atoms with van der Waals surface area (Å²) in [7, 11) is -9.89. The van der Waals surface area contributed by atoms with E-state index in [-0.39, 0.29) is 16.5 Å². The van der Waals surface area contributed by atoms with Gasteiger partial charge in [0.05, 0.1) is 0 Å². The van der Waals surface area contributed by atoms with Crippen LogP contribution in [0, 0.1) is 20.5 Å². The molecule has 0 bridgehead atoms. The van der Waals surface area contributed by atoms with Crippen molar-refractivity contribution >= 4 is 0 Å². The standard InChI is InChI=1S/C16H29N5.2ClHO4.Ni/c1-5-17-10-11-18-7-2-13-21(14-12-19-6-1)15-16-3-8-20-9-4-16;2*2-1(3,4)5;/h3-4,8-9,17-19H,1-2,5-7,10-15H2;2*(H,2,3,4,5);/q;;;+2/p-2. The minimum atomic E-state index is -4.94. The Labute approximate surface area is 201 Å². The van der Waals surface area contributed by atoms with Crippen LogP contribution < -0.4 is 53.2 Å². The Hall–Kier alpha value is -0.256. The number of hydrogen-bond donors (Lipinski definition) is 3. The van der Waals surface area contributed by atoms with Crippen molar-refractivity contribution in [3.8, 4) is 0 Å². The van der Waals surface area contributed by atoms with Gasteiger partial charge < -0.3 is 16.0 Å². The normalized spacial score (nSPS) is 17.4. The maximum Gasteiger partial charge on any atom is 2.00 e. The SMILES string of the molecule is [Ni+2].[O-][Cl+3]([O-])([O-])[O-].[O-][Cl+3]([O-])([O-])[O-].c1cc(CN2CCCNCCNCCCNCC2)ccn1. The fourth-order valence-corrected chi connectivity index (χ4v) is 2.57. The van der Waals surface area contributed by atoms with Gasteiger partial charge in [0.25, 0.3) is 0 Å². The van der Waals surface area contributed by atoms with Crippen molar-refractivity contribution in [2.75, 3.05) is 52.4 Å². The average molecular weight is 549 g/mol. The van der Waals surface area contributed by atoms with Gasteiger partial charge in [-0.25, -0.2) is 37.3 Å². The molecule has 0 spiro atoms. The molecule has 0 aromatic carbocycles. The third kappa shape index (κ3) is 31.9. The minimum absolute atomic E-state index is 0. The van der Waals surface area contributed by atoms with Crippen LogP contribution in [0.1, 0.15) is 18.4 Å². The number of hydrogen-bond acceptors (Lipinski definition) is 13. The zero-order valence-corrected chi connectivity index (χ0v) is 19.8. The van der Waals surface area contributed by atoms with Crippen molar-refractivity contribution in [2.45, 2.75) is 19.4 Å². The van der Waals surface area contributed by atoms with Gasteiger partial charge in [-0.15, -0.1) is 20.5 Å². The average Bonchev–Trinajstić information content (AvgIpc) is 2.63. The van der Waals surface area contributed by atoms with E-state index in [1.165, 1.54) is 18.4 Å². The summed E-state index contributed by atoms with van der Waals surface area (Å²) in [6.07, 6.45) is 6.16. The summed E-state index contributed by atoms with van der Waals surface area (Å²) in [5.74, 6) is 0. The molecule has 0 unspecified atom stereocenters. The zero-order valence-electron chi connectivity index (χ0n) is 17.3. The Morgan fingerprint density at radius 3 is 1.62 bits per heavy atom. The van der Waals surface area contributed by atoms with E-state index < -0.39 is 20.5 Å². The van der Waals surface area contributed by atoms with E-state index >= 15 is 0 Å². The van der Waals surface area contributed by atoms with Crippen LogP contribution in [0.2, 0.25) is 0 Å². The van der Waals surface area contributed by atoms with E-state index in [9.17, 15) is 0 Å². The maximum atomic E-state index is 8.49.